The van der Waals surface area contributed by atoms with Gasteiger partial charge in [-0.1, -0.05) is 18.2 Å². The topological polar surface area (TPSA) is 73.6 Å². The summed E-state index contributed by atoms with van der Waals surface area (Å²) in [5.41, 5.74) is 7.07. The molecule has 1 heterocycles. The fourth-order valence-corrected chi connectivity index (χ4v) is 2.71. The summed E-state index contributed by atoms with van der Waals surface area (Å²) in [6, 6.07) is 13.3. The fraction of sp³-hybridized carbons (Fsp3) is 0.316. The first-order valence-corrected chi connectivity index (χ1v) is 8.28. The Labute approximate surface area is 145 Å². The SMILES string of the molecule is NC[C@H]1CC[C@@H](C(=O)Nc2cccc(OCc3ccc(F)cc3)c2)O1. The normalized spacial score (nSPS) is 19.6. The van der Waals surface area contributed by atoms with Gasteiger partial charge in [-0.25, -0.2) is 4.39 Å². The van der Waals surface area contributed by atoms with Gasteiger partial charge < -0.3 is 20.5 Å². The van der Waals surface area contributed by atoms with Crippen molar-refractivity contribution >= 4 is 11.6 Å². The highest BCUT2D eigenvalue weighted by Gasteiger charge is 2.29. The van der Waals surface area contributed by atoms with Gasteiger partial charge in [0.25, 0.3) is 5.91 Å². The molecule has 2 aromatic rings. The van der Waals surface area contributed by atoms with E-state index in [-0.39, 0.29) is 17.8 Å². The van der Waals surface area contributed by atoms with Crippen LogP contribution in [0.3, 0.4) is 0 Å². The highest BCUT2D eigenvalue weighted by Crippen LogP contribution is 2.22. The lowest BCUT2D eigenvalue weighted by Gasteiger charge is -2.13. The van der Waals surface area contributed by atoms with Crippen molar-refractivity contribution in [3.05, 3.63) is 59.9 Å². The van der Waals surface area contributed by atoms with E-state index in [4.69, 9.17) is 15.2 Å². The van der Waals surface area contributed by atoms with Crippen LogP contribution in [0, 0.1) is 5.82 Å². The van der Waals surface area contributed by atoms with Crippen molar-refractivity contribution in [2.24, 2.45) is 5.73 Å². The molecule has 0 saturated carbocycles. The van der Waals surface area contributed by atoms with Crippen molar-refractivity contribution < 1.29 is 18.7 Å². The number of halogens is 1. The predicted molar refractivity (Wildman–Crippen MR) is 92.8 cm³/mol. The summed E-state index contributed by atoms with van der Waals surface area (Å²) in [5, 5.41) is 2.84. The van der Waals surface area contributed by atoms with E-state index in [9.17, 15) is 9.18 Å². The molecular weight excluding hydrogens is 323 g/mol. The lowest BCUT2D eigenvalue weighted by molar-refractivity contribution is -0.126. The van der Waals surface area contributed by atoms with Crippen molar-refractivity contribution in [1.29, 1.82) is 0 Å². The molecule has 0 bridgehead atoms. The lowest BCUT2D eigenvalue weighted by atomic mass is 10.2. The second-order valence-electron chi connectivity index (χ2n) is 5.99. The third-order valence-electron chi connectivity index (χ3n) is 4.08. The van der Waals surface area contributed by atoms with Gasteiger partial charge >= 0.3 is 0 Å². The van der Waals surface area contributed by atoms with E-state index in [1.54, 1.807) is 36.4 Å². The number of benzene rings is 2. The molecule has 1 saturated heterocycles. The Morgan fingerprint density at radius 3 is 2.76 bits per heavy atom. The number of ether oxygens (including phenoxy) is 2. The highest BCUT2D eigenvalue weighted by atomic mass is 19.1. The zero-order chi connectivity index (χ0) is 17.6. The Bertz CT molecular complexity index is 721. The Morgan fingerprint density at radius 1 is 1.24 bits per heavy atom. The smallest absolute Gasteiger partial charge is 0.253 e. The van der Waals surface area contributed by atoms with Gasteiger partial charge in [0.2, 0.25) is 0 Å². The summed E-state index contributed by atoms with van der Waals surface area (Å²) in [4.78, 5) is 12.2. The van der Waals surface area contributed by atoms with Gasteiger partial charge in [0.15, 0.2) is 0 Å². The maximum Gasteiger partial charge on any atom is 0.253 e. The largest absolute Gasteiger partial charge is 0.489 e. The van der Waals surface area contributed by atoms with Crippen LogP contribution < -0.4 is 15.8 Å². The summed E-state index contributed by atoms with van der Waals surface area (Å²) < 4.78 is 24.2. The van der Waals surface area contributed by atoms with Crippen molar-refractivity contribution in [3.8, 4) is 5.75 Å². The van der Waals surface area contributed by atoms with Crippen LogP contribution in [-0.4, -0.2) is 24.7 Å². The third kappa shape index (κ3) is 4.78. The van der Waals surface area contributed by atoms with Gasteiger partial charge in [0, 0.05) is 18.3 Å². The van der Waals surface area contributed by atoms with E-state index in [1.165, 1.54) is 12.1 Å². The zero-order valence-corrected chi connectivity index (χ0v) is 13.8. The van der Waals surface area contributed by atoms with E-state index >= 15 is 0 Å². The van der Waals surface area contributed by atoms with E-state index in [2.05, 4.69) is 5.32 Å². The molecule has 0 aliphatic carbocycles. The Balaban J connectivity index is 1.56. The minimum absolute atomic E-state index is 0.0406. The minimum atomic E-state index is -0.461. The van der Waals surface area contributed by atoms with E-state index in [1.807, 2.05) is 0 Å². The zero-order valence-electron chi connectivity index (χ0n) is 13.8. The summed E-state index contributed by atoms with van der Waals surface area (Å²) in [6.07, 6.45) is 0.975. The van der Waals surface area contributed by atoms with Crippen LogP contribution in [0.2, 0.25) is 0 Å². The van der Waals surface area contributed by atoms with Crippen molar-refractivity contribution in [3.63, 3.8) is 0 Å². The summed E-state index contributed by atoms with van der Waals surface area (Å²) >= 11 is 0. The van der Waals surface area contributed by atoms with E-state index in [0.717, 1.165) is 12.0 Å². The maximum absolute atomic E-state index is 12.9. The quantitative estimate of drug-likeness (QED) is 0.845. The lowest BCUT2D eigenvalue weighted by Crippen LogP contribution is -2.29. The van der Waals surface area contributed by atoms with E-state index < -0.39 is 6.10 Å². The number of carbonyl (C=O) groups excluding carboxylic acids is 1. The molecule has 0 radical (unpaired) electrons. The van der Waals surface area contributed by atoms with Gasteiger partial charge in [-0.2, -0.15) is 0 Å². The molecule has 2 atom stereocenters. The predicted octanol–water partition coefficient (Wildman–Crippen LogP) is 2.85. The molecule has 0 unspecified atom stereocenters. The number of hydrogen-bond acceptors (Lipinski definition) is 4. The molecule has 0 aromatic heterocycles. The number of hydrogen-bond donors (Lipinski definition) is 2. The molecule has 3 rings (SSSR count). The Hall–Kier alpha value is -2.44. The Morgan fingerprint density at radius 2 is 2.04 bits per heavy atom. The molecule has 25 heavy (non-hydrogen) atoms. The molecule has 1 aliphatic heterocycles. The van der Waals surface area contributed by atoms with Gasteiger partial charge in [-0.15, -0.1) is 0 Å². The van der Waals surface area contributed by atoms with Gasteiger partial charge in [-0.05, 0) is 42.7 Å². The summed E-state index contributed by atoms with van der Waals surface area (Å²) in [6.45, 7) is 0.748. The van der Waals surface area contributed by atoms with E-state index in [0.29, 0.717) is 31.0 Å². The molecule has 1 amide bonds. The number of anilines is 1. The minimum Gasteiger partial charge on any atom is -0.489 e. The number of nitrogens with two attached hydrogens (primary N) is 1. The maximum atomic E-state index is 12.9. The molecule has 1 fully saturated rings. The third-order valence-corrected chi connectivity index (χ3v) is 4.08. The Kier molecular flexibility index (Phi) is 5.63. The van der Waals surface area contributed by atoms with Crippen LogP contribution in [0.15, 0.2) is 48.5 Å². The highest BCUT2D eigenvalue weighted by molar-refractivity contribution is 5.94. The van der Waals surface area contributed by atoms with Crippen LogP contribution in [0.4, 0.5) is 10.1 Å². The first kappa shape index (κ1) is 17.4. The number of nitrogens with one attached hydrogen (secondary N) is 1. The fourth-order valence-electron chi connectivity index (χ4n) is 2.71. The average Bonchev–Trinajstić information content (AvgIpc) is 3.11. The molecule has 6 heteroatoms. The first-order chi connectivity index (χ1) is 12.1. The van der Waals surface area contributed by atoms with Gasteiger partial charge in [-0.3, -0.25) is 4.79 Å². The van der Waals surface area contributed by atoms with Gasteiger partial charge in [0.05, 0.1) is 6.10 Å². The second kappa shape index (κ2) is 8.09. The van der Waals surface area contributed by atoms with Crippen LogP contribution >= 0.6 is 0 Å². The van der Waals surface area contributed by atoms with Crippen molar-refractivity contribution in [2.45, 2.75) is 31.7 Å². The summed E-state index contributed by atoms with van der Waals surface area (Å²) in [5.74, 6) is 0.167. The van der Waals surface area contributed by atoms with Crippen LogP contribution in [0.1, 0.15) is 18.4 Å². The molecule has 132 valence electrons. The summed E-state index contributed by atoms with van der Waals surface area (Å²) in [7, 11) is 0. The average molecular weight is 344 g/mol. The van der Waals surface area contributed by atoms with Crippen LogP contribution in [0.5, 0.6) is 5.75 Å². The monoisotopic (exact) mass is 344 g/mol. The molecule has 5 nitrogen and oxygen atoms in total. The second-order valence-corrected chi connectivity index (χ2v) is 5.99. The van der Waals surface area contributed by atoms with Crippen LogP contribution in [-0.2, 0) is 16.1 Å². The van der Waals surface area contributed by atoms with Crippen LogP contribution in [0.25, 0.3) is 0 Å². The first-order valence-electron chi connectivity index (χ1n) is 8.28. The number of rotatable bonds is 6. The van der Waals surface area contributed by atoms with Crippen molar-refractivity contribution in [2.75, 3.05) is 11.9 Å². The van der Waals surface area contributed by atoms with Crippen molar-refractivity contribution in [1.82, 2.24) is 0 Å². The molecule has 1 aliphatic rings. The van der Waals surface area contributed by atoms with Gasteiger partial charge in [0.1, 0.15) is 24.3 Å². The number of carbonyl (C=O) groups is 1. The molecular formula is C19H21FN2O3. The molecule has 2 aromatic carbocycles. The standard InChI is InChI=1S/C19H21FN2O3/c20-14-6-4-13(5-7-14)12-24-16-3-1-2-15(10-16)22-19(23)18-9-8-17(11-21)25-18/h1-7,10,17-18H,8-9,11-12,21H2,(H,22,23)/t17-,18+/m1/s1. The molecule has 0 spiro atoms. The molecule has 3 N–H and O–H groups in total. The number of amides is 1.